The van der Waals surface area contributed by atoms with Gasteiger partial charge in [0.05, 0.1) is 62.4 Å². The van der Waals surface area contributed by atoms with Gasteiger partial charge in [-0.2, -0.15) is 0 Å². The summed E-state index contributed by atoms with van der Waals surface area (Å²) in [5.74, 6) is -2.69. The Balaban J connectivity index is 1.63. The molecule has 0 saturated carbocycles. The van der Waals surface area contributed by atoms with E-state index in [2.05, 4.69) is 0 Å². The molecule has 4 rings (SSSR count). The minimum Gasteiger partial charge on any atom is -0.872 e. The largest absolute Gasteiger partial charge is 0.872 e. The standard InChI is InChI=1S/C23H6Cl8O4/c24-12-8-9(13(25)17(29)16(12)28)21(33)6(20(8)32)4-2-1-3-5-7-22(34)10-11(23(7)35)15(27)19(31)18(30)14(10)26/h1-5,32H/p-1/b3-1+,4-2+. The highest BCUT2D eigenvalue weighted by molar-refractivity contribution is 6.57. The predicted octanol–water partition coefficient (Wildman–Crippen LogP) is 8.30. The van der Waals surface area contributed by atoms with Gasteiger partial charge in [0.25, 0.3) is 0 Å². The van der Waals surface area contributed by atoms with Crippen LogP contribution in [0.2, 0.25) is 40.2 Å². The molecule has 0 N–H and O–H groups in total. The fourth-order valence-electron chi connectivity index (χ4n) is 3.53. The van der Waals surface area contributed by atoms with E-state index in [1.807, 2.05) is 0 Å². The van der Waals surface area contributed by atoms with Crippen molar-refractivity contribution in [1.29, 1.82) is 0 Å². The van der Waals surface area contributed by atoms with Gasteiger partial charge in [-0.25, -0.2) is 0 Å². The highest BCUT2D eigenvalue weighted by Crippen LogP contribution is 2.48. The Bertz CT molecular complexity index is 1480. The van der Waals surface area contributed by atoms with Crippen LogP contribution < -0.4 is 5.11 Å². The van der Waals surface area contributed by atoms with Crippen molar-refractivity contribution in [3.63, 3.8) is 0 Å². The second-order valence-electron chi connectivity index (χ2n) is 7.07. The molecule has 0 spiro atoms. The first-order valence-electron chi connectivity index (χ1n) is 9.24. The second-order valence-corrected chi connectivity index (χ2v) is 10.1. The fraction of sp³-hybridized carbons (Fsp3) is 0. The maximum Gasteiger partial charge on any atom is 0.199 e. The summed E-state index contributed by atoms with van der Waals surface area (Å²) in [6.45, 7) is 0. The normalized spacial score (nSPS) is 15.3. The van der Waals surface area contributed by atoms with Gasteiger partial charge in [-0.3, -0.25) is 14.4 Å². The molecule has 178 valence electrons. The van der Waals surface area contributed by atoms with Crippen molar-refractivity contribution in [3.05, 3.63) is 104 Å². The Labute approximate surface area is 237 Å². The summed E-state index contributed by atoms with van der Waals surface area (Å²) in [7, 11) is 0. The van der Waals surface area contributed by atoms with Crippen LogP contribution in [0.5, 0.6) is 0 Å². The third-order valence-electron chi connectivity index (χ3n) is 5.17. The lowest BCUT2D eigenvalue weighted by Gasteiger charge is -2.14. The first-order chi connectivity index (χ1) is 16.4. The number of Topliss-reactive ketones (excluding diaryl/α,β-unsaturated/α-hetero) is 3. The van der Waals surface area contributed by atoms with Crippen LogP contribution in [0.25, 0.3) is 5.76 Å². The summed E-state index contributed by atoms with van der Waals surface area (Å²) in [4.78, 5) is 38.2. The molecule has 2 aromatic rings. The van der Waals surface area contributed by atoms with Gasteiger partial charge in [0.1, 0.15) is 0 Å². The SMILES string of the molecule is O=C1C(=C/C=C/C=C/C2=C([O-])c3c(Cl)c(Cl)c(Cl)c(Cl)c3C2=O)C(=O)c2c(Cl)c(Cl)c(Cl)c(Cl)c21. The number of carbonyl (C=O) groups excluding carboxylic acids is 3. The molecule has 0 radical (unpaired) electrons. The first kappa shape index (κ1) is 26.6. The molecule has 0 bridgehead atoms. The topological polar surface area (TPSA) is 74.3 Å². The van der Waals surface area contributed by atoms with Gasteiger partial charge < -0.3 is 5.11 Å². The molecule has 0 aliphatic heterocycles. The zero-order chi connectivity index (χ0) is 25.9. The van der Waals surface area contributed by atoms with E-state index in [9.17, 15) is 19.5 Å². The Morgan fingerprint density at radius 2 is 0.886 bits per heavy atom. The van der Waals surface area contributed by atoms with E-state index in [1.54, 1.807) is 0 Å². The smallest absolute Gasteiger partial charge is 0.199 e. The molecule has 0 unspecified atom stereocenters. The number of ketones is 3. The average molecular weight is 629 g/mol. The van der Waals surface area contributed by atoms with E-state index in [4.69, 9.17) is 92.8 Å². The number of fused-ring (bicyclic) bond motifs is 2. The van der Waals surface area contributed by atoms with Crippen molar-refractivity contribution in [2.75, 3.05) is 0 Å². The molecule has 0 heterocycles. The molecule has 0 aromatic heterocycles. The maximum absolute atomic E-state index is 12.7. The molecule has 2 aromatic carbocycles. The van der Waals surface area contributed by atoms with Crippen molar-refractivity contribution >= 4 is 116 Å². The number of allylic oxidation sites excluding steroid dienone is 7. The van der Waals surface area contributed by atoms with Crippen molar-refractivity contribution < 1.29 is 19.5 Å². The minimum atomic E-state index is -0.673. The Kier molecular flexibility index (Phi) is 7.42. The summed E-state index contributed by atoms with van der Waals surface area (Å²) >= 11 is 48.3. The third-order valence-corrected chi connectivity index (χ3v) is 8.77. The number of hydrogen-bond donors (Lipinski definition) is 0. The molecule has 0 saturated heterocycles. The molecular formula is C23H5Cl8O4-. The molecule has 2 aliphatic rings. The minimum absolute atomic E-state index is 0.132. The quantitative estimate of drug-likeness (QED) is 0.113. The van der Waals surface area contributed by atoms with Crippen LogP contribution in [0.3, 0.4) is 0 Å². The van der Waals surface area contributed by atoms with E-state index < -0.39 is 23.1 Å². The van der Waals surface area contributed by atoms with Gasteiger partial charge in [0, 0.05) is 11.1 Å². The lowest BCUT2D eigenvalue weighted by molar-refractivity contribution is -0.244. The van der Waals surface area contributed by atoms with Gasteiger partial charge in [0.15, 0.2) is 17.3 Å². The zero-order valence-electron chi connectivity index (χ0n) is 16.5. The molecular weight excluding hydrogens is 624 g/mol. The van der Waals surface area contributed by atoms with Crippen LogP contribution in [0.1, 0.15) is 36.6 Å². The number of benzene rings is 2. The van der Waals surface area contributed by atoms with Crippen LogP contribution in [-0.2, 0) is 0 Å². The Morgan fingerprint density at radius 3 is 1.34 bits per heavy atom. The molecule has 12 heteroatoms. The number of halogens is 8. The first-order valence-corrected chi connectivity index (χ1v) is 12.3. The lowest BCUT2D eigenvalue weighted by Crippen LogP contribution is -2.03. The summed E-state index contributed by atoms with van der Waals surface area (Å²) in [5, 5.41) is 11.5. The van der Waals surface area contributed by atoms with Crippen LogP contribution in [-0.4, -0.2) is 17.3 Å². The molecule has 0 fully saturated rings. The van der Waals surface area contributed by atoms with Gasteiger partial charge in [-0.15, -0.1) is 0 Å². The summed E-state index contributed by atoms with van der Waals surface area (Å²) in [5.41, 5.74) is -0.966. The van der Waals surface area contributed by atoms with Crippen LogP contribution in [0.15, 0.2) is 41.5 Å². The summed E-state index contributed by atoms with van der Waals surface area (Å²) in [6.07, 6.45) is 6.55. The summed E-state index contributed by atoms with van der Waals surface area (Å²) < 4.78 is 0. The average Bonchev–Trinajstić information content (AvgIpc) is 3.22. The highest BCUT2D eigenvalue weighted by Gasteiger charge is 2.39. The molecule has 35 heavy (non-hydrogen) atoms. The van der Waals surface area contributed by atoms with E-state index in [0.29, 0.717) is 0 Å². The monoisotopic (exact) mass is 625 g/mol. The zero-order valence-corrected chi connectivity index (χ0v) is 22.6. The van der Waals surface area contributed by atoms with E-state index in [1.165, 1.54) is 30.4 Å². The molecule has 0 amide bonds. The molecule has 2 aliphatic carbocycles. The van der Waals surface area contributed by atoms with Crippen LogP contribution >= 0.6 is 92.8 Å². The van der Waals surface area contributed by atoms with Gasteiger partial charge >= 0.3 is 0 Å². The second kappa shape index (κ2) is 9.77. The van der Waals surface area contributed by atoms with E-state index >= 15 is 0 Å². The van der Waals surface area contributed by atoms with Crippen molar-refractivity contribution in [2.45, 2.75) is 0 Å². The Morgan fingerprint density at radius 1 is 0.486 bits per heavy atom. The number of rotatable bonds is 3. The van der Waals surface area contributed by atoms with Crippen molar-refractivity contribution in [3.8, 4) is 0 Å². The lowest BCUT2D eigenvalue weighted by atomic mass is 10.1. The molecule has 4 nitrogen and oxygen atoms in total. The van der Waals surface area contributed by atoms with Crippen LogP contribution in [0, 0.1) is 0 Å². The van der Waals surface area contributed by atoms with Gasteiger partial charge in [-0.1, -0.05) is 123 Å². The predicted molar refractivity (Wildman–Crippen MR) is 139 cm³/mol. The van der Waals surface area contributed by atoms with Gasteiger partial charge in [-0.05, 0) is 6.08 Å². The van der Waals surface area contributed by atoms with Crippen molar-refractivity contribution in [2.24, 2.45) is 0 Å². The van der Waals surface area contributed by atoms with E-state index in [-0.39, 0.29) is 73.6 Å². The third kappa shape index (κ3) is 4.05. The fourth-order valence-corrected chi connectivity index (χ4v) is 5.58. The van der Waals surface area contributed by atoms with E-state index in [0.717, 1.165) is 0 Å². The van der Waals surface area contributed by atoms with Crippen LogP contribution in [0.4, 0.5) is 0 Å². The number of carbonyl (C=O) groups is 3. The molecule has 0 atom stereocenters. The maximum atomic E-state index is 12.7. The highest BCUT2D eigenvalue weighted by atomic mass is 35.5. The Hall–Kier alpha value is -1.47. The van der Waals surface area contributed by atoms with Crippen molar-refractivity contribution in [1.82, 2.24) is 0 Å². The van der Waals surface area contributed by atoms with Gasteiger partial charge in [0.2, 0.25) is 0 Å². The summed E-state index contributed by atoms with van der Waals surface area (Å²) in [6, 6.07) is 0. The number of hydrogen-bond acceptors (Lipinski definition) is 4.